The molecular weight excluding hydrogens is 331 g/mol. The molecule has 2 aromatic rings. The predicted octanol–water partition coefficient (Wildman–Crippen LogP) is 2.74. The van der Waals surface area contributed by atoms with Gasteiger partial charge in [0.15, 0.2) is 0 Å². The molecule has 24 heavy (non-hydrogen) atoms. The first-order chi connectivity index (χ1) is 11.5. The monoisotopic (exact) mass is 348 g/mol. The van der Waals surface area contributed by atoms with E-state index in [1.54, 1.807) is 11.0 Å². The lowest BCUT2D eigenvalue weighted by molar-refractivity contribution is -0.133. The van der Waals surface area contributed by atoms with Crippen molar-refractivity contribution in [2.45, 2.75) is 6.42 Å². The van der Waals surface area contributed by atoms with Crippen LogP contribution < -0.4 is 0 Å². The smallest absolute Gasteiger partial charge is 0.313 e. The lowest BCUT2D eigenvalue weighted by Gasteiger charge is -2.26. The molecule has 2 N–H and O–H groups in total. The summed E-state index contributed by atoms with van der Waals surface area (Å²) >= 11 is 1.11. The highest BCUT2D eigenvalue weighted by molar-refractivity contribution is 8.00. The number of hydrogen-bond acceptors (Lipinski definition) is 3. The van der Waals surface area contributed by atoms with Crippen molar-refractivity contribution >= 4 is 40.1 Å². The largest absolute Gasteiger partial charge is 0.481 e. The Morgan fingerprint density at radius 2 is 2.17 bits per heavy atom. The average Bonchev–Trinajstić information content (AvgIpc) is 2.97. The van der Waals surface area contributed by atoms with Gasteiger partial charge >= 0.3 is 5.97 Å². The van der Waals surface area contributed by atoms with Gasteiger partial charge in [0.25, 0.3) is 0 Å². The maximum absolute atomic E-state index is 13.3. The van der Waals surface area contributed by atoms with Crippen LogP contribution in [0.1, 0.15) is 12.0 Å². The second kappa shape index (κ2) is 7.09. The highest BCUT2D eigenvalue weighted by Crippen LogP contribution is 2.29. The zero-order chi connectivity index (χ0) is 17.1. The van der Waals surface area contributed by atoms with Crippen LogP contribution in [-0.2, 0) is 9.59 Å². The Hall–Kier alpha value is -2.28. The Bertz CT molecular complexity index is 815. The molecule has 1 aromatic carbocycles. The second-order valence-corrected chi connectivity index (χ2v) is 6.58. The van der Waals surface area contributed by atoms with E-state index in [9.17, 15) is 14.0 Å². The number of halogens is 1. The van der Waals surface area contributed by atoms with Gasteiger partial charge in [0.05, 0.1) is 11.5 Å². The van der Waals surface area contributed by atoms with Crippen LogP contribution in [0.15, 0.2) is 30.5 Å². The summed E-state index contributed by atoms with van der Waals surface area (Å²) in [5, 5.41) is 9.57. The van der Waals surface area contributed by atoms with E-state index in [0.717, 1.165) is 40.2 Å². The Morgan fingerprint density at radius 3 is 2.88 bits per heavy atom. The molecule has 0 radical (unpaired) electrons. The highest BCUT2D eigenvalue weighted by atomic mass is 32.2. The van der Waals surface area contributed by atoms with Crippen LogP contribution in [0, 0.1) is 5.82 Å². The fraction of sp³-hybridized carbons (Fsp3) is 0.294. The molecule has 1 aliphatic rings. The van der Waals surface area contributed by atoms with Gasteiger partial charge in [-0.3, -0.25) is 9.59 Å². The van der Waals surface area contributed by atoms with Gasteiger partial charge in [-0.2, -0.15) is 0 Å². The fourth-order valence-corrected chi connectivity index (χ4v) is 3.46. The van der Waals surface area contributed by atoms with Crippen molar-refractivity contribution in [1.82, 2.24) is 9.88 Å². The number of benzene rings is 1. The van der Waals surface area contributed by atoms with Gasteiger partial charge in [0, 0.05) is 35.8 Å². The lowest BCUT2D eigenvalue weighted by atomic mass is 9.99. The van der Waals surface area contributed by atoms with Crippen molar-refractivity contribution in [2.75, 3.05) is 24.6 Å². The van der Waals surface area contributed by atoms with E-state index in [1.165, 1.54) is 12.1 Å². The van der Waals surface area contributed by atoms with Crippen molar-refractivity contribution in [3.05, 3.63) is 41.9 Å². The topological polar surface area (TPSA) is 73.4 Å². The molecule has 0 atom stereocenters. The van der Waals surface area contributed by atoms with E-state index in [-0.39, 0.29) is 23.2 Å². The van der Waals surface area contributed by atoms with Crippen molar-refractivity contribution in [3.63, 3.8) is 0 Å². The number of amides is 1. The van der Waals surface area contributed by atoms with Crippen molar-refractivity contribution in [3.8, 4) is 0 Å². The van der Waals surface area contributed by atoms with E-state index < -0.39 is 5.97 Å². The van der Waals surface area contributed by atoms with E-state index in [1.807, 2.05) is 12.3 Å². The van der Waals surface area contributed by atoms with Gasteiger partial charge in [0.2, 0.25) is 5.91 Å². The molecule has 7 heteroatoms. The summed E-state index contributed by atoms with van der Waals surface area (Å²) < 4.78 is 13.3. The van der Waals surface area contributed by atoms with Gasteiger partial charge < -0.3 is 15.0 Å². The van der Waals surface area contributed by atoms with Crippen LogP contribution in [0.25, 0.3) is 16.5 Å². The minimum Gasteiger partial charge on any atom is -0.481 e. The molecule has 1 aromatic heterocycles. The number of aliphatic carboxylic acids is 1. The first kappa shape index (κ1) is 16.6. The van der Waals surface area contributed by atoms with E-state index in [2.05, 4.69) is 4.98 Å². The Morgan fingerprint density at radius 1 is 1.33 bits per heavy atom. The molecule has 0 saturated heterocycles. The number of hydrogen-bond donors (Lipinski definition) is 2. The summed E-state index contributed by atoms with van der Waals surface area (Å²) in [5.74, 6) is -1.11. The van der Waals surface area contributed by atoms with E-state index in [4.69, 9.17) is 5.11 Å². The van der Waals surface area contributed by atoms with Crippen molar-refractivity contribution in [2.24, 2.45) is 0 Å². The highest BCUT2D eigenvalue weighted by Gasteiger charge is 2.19. The average molecular weight is 348 g/mol. The Kier molecular flexibility index (Phi) is 4.89. The fourth-order valence-electron chi connectivity index (χ4n) is 2.82. The van der Waals surface area contributed by atoms with Crippen LogP contribution in [0.2, 0.25) is 0 Å². The molecule has 0 saturated carbocycles. The number of nitrogens with zero attached hydrogens (tertiary/aromatic N) is 1. The zero-order valence-corrected chi connectivity index (χ0v) is 13.7. The molecule has 1 aliphatic heterocycles. The maximum Gasteiger partial charge on any atom is 0.313 e. The molecule has 0 aliphatic carbocycles. The Labute approximate surface area is 142 Å². The summed E-state index contributed by atoms with van der Waals surface area (Å²) in [6.07, 6.45) is 4.60. The van der Waals surface area contributed by atoms with Gasteiger partial charge in [-0.15, -0.1) is 11.8 Å². The molecule has 126 valence electrons. The van der Waals surface area contributed by atoms with Crippen LogP contribution in [0.3, 0.4) is 0 Å². The number of carboxylic acid groups (broad SMARTS) is 1. The number of aromatic amines is 1. The summed E-state index contributed by atoms with van der Waals surface area (Å²) in [5.41, 5.74) is 2.93. The normalized spacial score (nSPS) is 14.7. The summed E-state index contributed by atoms with van der Waals surface area (Å²) in [6.45, 7) is 1.11. The van der Waals surface area contributed by atoms with Gasteiger partial charge in [0.1, 0.15) is 5.82 Å². The predicted molar refractivity (Wildman–Crippen MR) is 92.4 cm³/mol. The molecule has 0 fully saturated rings. The summed E-state index contributed by atoms with van der Waals surface area (Å²) in [6, 6.07) is 4.67. The standard InChI is InChI=1S/C17H17FN2O3S/c18-12-1-2-13-14(8-19-15(13)7-12)11-3-5-20(6-4-11)16(21)9-24-10-17(22)23/h1-3,7-8,19H,4-6,9-10H2,(H,22,23). The summed E-state index contributed by atoms with van der Waals surface area (Å²) in [7, 11) is 0. The van der Waals surface area contributed by atoms with Gasteiger partial charge in [-0.25, -0.2) is 4.39 Å². The molecule has 0 spiro atoms. The quantitative estimate of drug-likeness (QED) is 0.871. The molecule has 0 bridgehead atoms. The van der Waals surface area contributed by atoms with Crippen LogP contribution in [0.5, 0.6) is 0 Å². The number of fused-ring (bicyclic) bond motifs is 1. The van der Waals surface area contributed by atoms with Crippen LogP contribution in [0.4, 0.5) is 4.39 Å². The lowest BCUT2D eigenvalue weighted by Crippen LogP contribution is -2.36. The first-order valence-corrected chi connectivity index (χ1v) is 8.73. The number of thioether (sulfide) groups is 1. The number of rotatable bonds is 5. The molecule has 1 amide bonds. The third-order valence-corrected chi connectivity index (χ3v) is 4.90. The molecule has 3 rings (SSSR count). The third kappa shape index (κ3) is 3.62. The van der Waals surface area contributed by atoms with E-state index in [0.29, 0.717) is 13.1 Å². The molecular formula is C17H17FN2O3S. The van der Waals surface area contributed by atoms with E-state index >= 15 is 0 Å². The second-order valence-electron chi connectivity index (χ2n) is 5.60. The third-order valence-electron chi connectivity index (χ3n) is 4.00. The van der Waals surface area contributed by atoms with Crippen molar-refractivity contribution in [1.29, 1.82) is 0 Å². The first-order valence-electron chi connectivity index (χ1n) is 7.58. The summed E-state index contributed by atoms with van der Waals surface area (Å²) in [4.78, 5) is 27.3. The maximum atomic E-state index is 13.3. The van der Waals surface area contributed by atoms with Gasteiger partial charge in [-0.1, -0.05) is 6.08 Å². The molecule has 2 heterocycles. The number of carboxylic acids is 1. The number of aromatic nitrogens is 1. The minimum absolute atomic E-state index is 0.0439. The number of nitrogens with one attached hydrogen (secondary N) is 1. The van der Waals surface area contributed by atoms with Crippen LogP contribution in [-0.4, -0.2) is 51.5 Å². The zero-order valence-electron chi connectivity index (χ0n) is 12.9. The van der Waals surface area contributed by atoms with Crippen molar-refractivity contribution < 1.29 is 19.1 Å². The molecule has 5 nitrogen and oxygen atoms in total. The number of carbonyl (C=O) groups is 2. The van der Waals surface area contributed by atoms with Crippen LogP contribution >= 0.6 is 11.8 Å². The SMILES string of the molecule is O=C(O)CSCC(=O)N1CC=C(c2c[nH]c3cc(F)ccc23)CC1. The number of carbonyl (C=O) groups excluding carboxylic acids is 1. The van der Waals surface area contributed by atoms with Gasteiger partial charge in [-0.05, 0) is 30.2 Å². The Balaban J connectivity index is 1.66. The number of H-pyrrole nitrogens is 1. The minimum atomic E-state index is -0.913. The molecule has 0 unspecified atom stereocenters.